The largest absolute Gasteiger partial charge is 0.469 e. The van der Waals surface area contributed by atoms with E-state index in [2.05, 4.69) is 0 Å². The van der Waals surface area contributed by atoms with Crippen molar-refractivity contribution < 1.29 is 19.1 Å². The summed E-state index contributed by atoms with van der Waals surface area (Å²) in [7, 11) is 1.39. The maximum absolute atomic E-state index is 11.9. The van der Waals surface area contributed by atoms with Crippen molar-refractivity contribution in [2.75, 3.05) is 33.4 Å². The smallest absolute Gasteiger partial charge is 0.310 e. The summed E-state index contributed by atoms with van der Waals surface area (Å²) in [5, 5.41) is 0. The van der Waals surface area contributed by atoms with Crippen LogP contribution in [0.15, 0.2) is 0 Å². The van der Waals surface area contributed by atoms with Crippen molar-refractivity contribution in [2.45, 2.75) is 32.6 Å². The van der Waals surface area contributed by atoms with Gasteiger partial charge in [0.2, 0.25) is 5.91 Å². The zero-order chi connectivity index (χ0) is 13.4. The molecule has 0 bridgehead atoms. The molecule has 0 aromatic rings. The van der Waals surface area contributed by atoms with E-state index in [0.717, 1.165) is 25.8 Å². The quantitative estimate of drug-likeness (QED) is 0.530. The lowest BCUT2D eigenvalue weighted by Gasteiger charge is -2.31. The second-order valence-electron chi connectivity index (χ2n) is 4.50. The Kier molecular flexibility index (Phi) is 6.72. The Morgan fingerprint density at radius 1 is 1.39 bits per heavy atom. The summed E-state index contributed by atoms with van der Waals surface area (Å²) in [6.07, 6.45) is 2.92. The fourth-order valence-corrected chi connectivity index (χ4v) is 2.19. The van der Waals surface area contributed by atoms with Crippen molar-refractivity contribution in [3.8, 4) is 0 Å². The van der Waals surface area contributed by atoms with Gasteiger partial charge in [-0.2, -0.15) is 0 Å². The first kappa shape index (κ1) is 15.0. The highest BCUT2D eigenvalue weighted by Gasteiger charge is 2.28. The third-order valence-corrected chi connectivity index (χ3v) is 3.19. The van der Waals surface area contributed by atoms with Gasteiger partial charge in [0.1, 0.15) is 0 Å². The van der Waals surface area contributed by atoms with Crippen molar-refractivity contribution in [2.24, 2.45) is 5.92 Å². The third-order valence-electron chi connectivity index (χ3n) is 3.19. The fourth-order valence-electron chi connectivity index (χ4n) is 2.19. The predicted octanol–water partition coefficient (Wildman–Crippen LogP) is 1.21. The van der Waals surface area contributed by atoms with E-state index < -0.39 is 0 Å². The summed E-state index contributed by atoms with van der Waals surface area (Å²) in [5.41, 5.74) is 0. The molecule has 5 nitrogen and oxygen atoms in total. The first-order chi connectivity index (χ1) is 8.69. The average molecular weight is 257 g/mol. The van der Waals surface area contributed by atoms with Crippen molar-refractivity contribution in [3.05, 3.63) is 0 Å². The Balaban J connectivity index is 2.31. The minimum Gasteiger partial charge on any atom is -0.469 e. The Morgan fingerprint density at radius 2 is 2.17 bits per heavy atom. The molecule has 104 valence electrons. The van der Waals surface area contributed by atoms with Crippen LogP contribution in [0, 0.1) is 5.92 Å². The summed E-state index contributed by atoms with van der Waals surface area (Å²) in [5.74, 6) is -0.246. The van der Waals surface area contributed by atoms with Crippen LogP contribution in [0.25, 0.3) is 0 Å². The monoisotopic (exact) mass is 257 g/mol. The Morgan fingerprint density at radius 3 is 2.83 bits per heavy atom. The van der Waals surface area contributed by atoms with Gasteiger partial charge >= 0.3 is 5.97 Å². The number of likely N-dealkylation sites (tertiary alicyclic amines) is 1. The van der Waals surface area contributed by atoms with Crippen molar-refractivity contribution in [1.82, 2.24) is 4.90 Å². The van der Waals surface area contributed by atoms with E-state index in [1.165, 1.54) is 7.11 Å². The lowest BCUT2D eigenvalue weighted by Crippen LogP contribution is -2.42. The second-order valence-corrected chi connectivity index (χ2v) is 4.50. The Hall–Kier alpha value is -1.10. The summed E-state index contributed by atoms with van der Waals surface area (Å²) in [6.45, 7) is 4.49. The standard InChI is InChI=1S/C13H23NO4/c1-3-18-9-5-7-12(15)14-8-4-6-11(10-14)13(16)17-2/h11H,3-10H2,1-2H3/t11-/m0/s1. The zero-order valence-electron chi connectivity index (χ0n) is 11.3. The molecule has 0 saturated carbocycles. The van der Waals surface area contributed by atoms with Crippen molar-refractivity contribution in [1.29, 1.82) is 0 Å². The van der Waals surface area contributed by atoms with E-state index in [1.54, 1.807) is 4.90 Å². The van der Waals surface area contributed by atoms with E-state index in [0.29, 0.717) is 26.2 Å². The van der Waals surface area contributed by atoms with Crippen LogP contribution in [0.3, 0.4) is 0 Å². The average Bonchev–Trinajstić information content (AvgIpc) is 2.42. The molecule has 18 heavy (non-hydrogen) atoms. The number of carbonyl (C=O) groups is 2. The molecule has 1 atom stereocenters. The number of ether oxygens (including phenoxy) is 2. The van der Waals surface area contributed by atoms with Crippen LogP contribution < -0.4 is 0 Å². The van der Waals surface area contributed by atoms with E-state index in [4.69, 9.17) is 9.47 Å². The van der Waals surface area contributed by atoms with E-state index in [1.807, 2.05) is 6.92 Å². The number of hydrogen-bond acceptors (Lipinski definition) is 4. The van der Waals surface area contributed by atoms with Gasteiger partial charge in [0.05, 0.1) is 13.0 Å². The second kappa shape index (κ2) is 8.08. The van der Waals surface area contributed by atoms with Crippen LogP contribution in [-0.4, -0.2) is 50.2 Å². The van der Waals surface area contributed by atoms with Gasteiger partial charge in [-0.15, -0.1) is 0 Å². The molecular formula is C13H23NO4. The molecule has 0 N–H and O–H groups in total. The molecule has 1 amide bonds. The number of hydrogen-bond donors (Lipinski definition) is 0. The van der Waals surface area contributed by atoms with Gasteiger partial charge in [-0.3, -0.25) is 9.59 Å². The molecular weight excluding hydrogens is 234 g/mol. The topological polar surface area (TPSA) is 55.8 Å². The van der Waals surface area contributed by atoms with Crippen LogP contribution in [0.4, 0.5) is 0 Å². The zero-order valence-corrected chi connectivity index (χ0v) is 11.3. The summed E-state index contributed by atoms with van der Waals surface area (Å²) in [6, 6.07) is 0. The van der Waals surface area contributed by atoms with Gasteiger partial charge in [0.25, 0.3) is 0 Å². The number of piperidine rings is 1. The van der Waals surface area contributed by atoms with Gasteiger partial charge < -0.3 is 14.4 Å². The SMILES string of the molecule is CCOCCCC(=O)N1CCC[C@H](C(=O)OC)C1. The van der Waals surface area contributed by atoms with E-state index in [-0.39, 0.29) is 17.8 Å². The van der Waals surface area contributed by atoms with Crippen molar-refractivity contribution in [3.63, 3.8) is 0 Å². The van der Waals surface area contributed by atoms with Gasteiger partial charge in [-0.05, 0) is 26.2 Å². The molecule has 0 aliphatic carbocycles. The van der Waals surface area contributed by atoms with Crippen LogP contribution in [0.1, 0.15) is 32.6 Å². The van der Waals surface area contributed by atoms with Gasteiger partial charge in [-0.1, -0.05) is 0 Å². The summed E-state index contributed by atoms with van der Waals surface area (Å²) in [4.78, 5) is 25.2. The molecule has 0 aromatic carbocycles. The molecule has 0 spiro atoms. The summed E-state index contributed by atoms with van der Waals surface area (Å²) < 4.78 is 9.94. The minimum atomic E-state index is -0.207. The molecule has 0 aromatic heterocycles. The lowest BCUT2D eigenvalue weighted by molar-refractivity contribution is -0.149. The lowest BCUT2D eigenvalue weighted by atomic mass is 9.98. The maximum Gasteiger partial charge on any atom is 0.310 e. The summed E-state index contributed by atoms with van der Waals surface area (Å²) >= 11 is 0. The maximum atomic E-state index is 11.9. The minimum absolute atomic E-state index is 0.114. The number of esters is 1. The number of methoxy groups -OCH3 is 1. The molecule has 0 radical (unpaired) electrons. The first-order valence-corrected chi connectivity index (χ1v) is 6.62. The molecule has 0 unspecified atom stereocenters. The van der Waals surface area contributed by atoms with Gasteiger partial charge in [-0.25, -0.2) is 0 Å². The number of amides is 1. The van der Waals surface area contributed by atoms with Crippen LogP contribution in [0.2, 0.25) is 0 Å². The normalized spacial score (nSPS) is 19.7. The highest BCUT2D eigenvalue weighted by molar-refractivity contribution is 5.78. The molecule has 5 heteroatoms. The molecule has 1 heterocycles. The molecule has 1 fully saturated rings. The fraction of sp³-hybridized carbons (Fsp3) is 0.846. The number of carbonyl (C=O) groups excluding carboxylic acids is 2. The van der Waals surface area contributed by atoms with E-state index in [9.17, 15) is 9.59 Å². The number of nitrogens with zero attached hydrogens (tertiary/aromatic N) is 1. The molecule has 1 aliphatic rings. The number of rotatable bonds is 6. The van der Waals surface area contributed by atoms with Gasteiger partial charge in [0.15, 0.2) is 0 Å². The Bertz CT molecular complexity index is 280. The van der Waals surface area contributed by atoms with Crippen molar-refractivity contribution >= 4 is 11.9 Å². The Labute approximate surface area is 108 Å². The molecule has 1 rings (SSSR count). The first-order valence-electron chi connectivity index (χ1n) is 6.62. The van der Waals surface area contributed by atoms with E-state index >= 15 is 0 Å². The predicted molar refractivity (Wildman–Crippen MR) is 67.0 cm³/mol. The highest BCUT2D eigenvalue weighted by Crippen LogP contribution is 2.18. The van der Waals surface area contributed by atoms with Crippen LogP contribution >= 0.6 is 0 Å². The third kappa shape index (κ3) is 4.64. The highest BCUT2D eigenvalue weighted by atomic mass is 16.5. The van der Waals surface area contributed by atoms with Gasteiger partial charge in [0, 0.05) is 32.7 Å². The van der Waals surface area contributed by atoms with Crippen LogP contribution in [0.5, 0.6) is 0 Å². The molecule has 1 aliphatic heterocycles. The van der Waals surface area contributed by atoms with Crippen LogP contribution in [-0.2, 0) is 19.1 Å². The molecule has 1 saturated heterocycles.